The summed E-state index contributed by atoms with van der Waals surface area (Å²) in [5, 5.41) is 0. The summed E-state index contributed by atoms with van der Waals surface area (Å²) in [4.78, 5) is 0.575. The van der Waals surface area contributed by atoms with Gasteiger partial charge in [-0.15, -0.1) is 0 Å². The Labute approximate surface area is 114 Å². The highest BCUT2D eigenvalue weighted by Crippen LogP contribution is 2.32. The molecule has 2 rings (SSSR count). The summed E-state index contributed by atoms with van der Waals surface area (Å²) >= 11 is 3.63. The Morgan fingerprint density at radius 1 is 1.11 bits per heavy atom. The molecule has 0 heterocycles. The Hall–Kier alpha value is -0.510. The van der Waals surface area contributed by atoms with E-state index in [0.29, 0.717) is 10.7 Å². The zero-order valence-electron chi connectivity index (χ0n) is 10.0. The van der Waals surface area contributed by atoms with E-state index in [9.17, 15) is 13.2 Å². The number of halogens is 4. The molecule has 0 saturated heterocycles. The molecule has 1 saturated carbocycles. The highest BCUT2D eigenvalue weighted by molar-refractivity contribution is 9.09. The zero-order valence-corrected chi connectivity index (χ0v) is 11.6. The molecule has 0 aliphatic heterocycles. The van der Waals surface area contributed by atoms with Gasteiger partial charge in [0, 0.05) is 4.83 Å². The third-order valence-electron chi connectivity index (χ3n) is 3.52. The molecule has 0 N–H and O–H groups in total. The second kappa shape index (κ2) is 5.64. The van der Waals surface area contributed by atoms with Gasteiger partial charge in [-0.1, -0.05) is 40.9 Å². The van der Waals surface area contributed by atoms with E-state index in [0.717, 1.165) is 18.4 Å². The van der Waals surface area contributed by atoms with Crippen molar-refractivity contribution in [2.45, 2.75) is 43.1 Å². The second-order valence-electron chi connectivity index (χ2n) is 5.03. The van der Waals surface area contributed by atoms with Gasteiger partial charge < -0.3 is 0 Å². The Morgan fingerprint density at radius 3 is 2.33 bits per heavy atom. The summed E-state index contributed by atoms with van der Waals surface area (Å²) in [6.45, 7) is 0. The number of alkyl halides is 4. The predicted octanol–water partition coefficient (Wildman–Crippen LogP) is 5.20. The highest BCUT2D eigenvalue weighted by Gasteiger charge is 2.30. The molecule has 18 heavy (non-hydrogen) atoms. The van der Waals surface area contributed by atoms with Gasteiger partial charge in [0.15, 0.2) is 0 Å². The van der Waals surface area contributed by atoms with Crippen molar-refractivity contribution < 1.29 is 13.2 Å². The minimum absolute atomic E-state index is 0.562. The van der Waals surface area contributed by atoms with E-state index in [4.69, 9.17) is 0 Å². The van der Waals surface area contributed by atoms with Crippen LogP contribution in [0.3, 0.4) is 0 Å². The maximum atomic E-state index is 12.4. The molecule has 100 valence electrons. The predicted molar refractivity (Wildman–Crippen MR) is 69.8 cm³/mol. The monoisotopic (exact) mass is 320 g/mol. The van der Waals surface area contributed by atoms with Gasteiger partial charge in [0.25, 0.3) is 0 Å². The normalized spacial score (nSPS) is 25.1. The van der Waals surface area contributed by atoms with Gasteiger partial charge in [-0.3, -0.25) is 0 Å². The molecule has 1 aromatic carbocycles. The molecule has 0 bridgehead atoms. The van der Waals surface area contributed by atoms with Crippen LogP contribution in [0.25, 0.3) is 0 Å². The highest BCUT2D eigenvalue weighted by atomic mass is 79.9. The second-order valence-corrected chi connectivity index (χ2v) is 6.32. The largest absolute Gasteiger partial charge is 0.416 e. The lowest BCUT2D eigenvalue weighted by atomic mass is 9.84. The van der Waals surface area contributed by atoms with Crippen molar-refractivity contribution in [3.8, 4) is 0 Å². The van der Waals surface area contributed by atoms with Gasteiger partial charge in [0.1, 0.15) is 0 Å². The van der Waals surface area contributed by atoms with Crippen molar-refractivity contribution in [3.63, 3.8) is 0 Å². The molecule has 2 unspecified atom stereocenters. The molecule has 0 radical (unpaired) electrons. The molecule has 1 aromatic rings. The Kier molecular flexibility index (Phi) is 4.36. The van der Waals surface area contributed by atoms with Crippen LogP contribution >= 0.6 is 15.9 Å². The quantitative estimate of drug-likeness (QED) is 0.657. The molecule has 1 aliphatic carbocycles. The smallest absolute Gasteiger partial charge is 0.166 e. The third-order valence-corrected chi connectivity index (χ3v) is 4.36. The van der Waals surface area contributed by atoms with Crippen molar-refractivity contribution in [1.82, 2.24) is 0 Å². The summed E-state index contributed by atoms with van der Waals surface area (Å²) in [5.41, 5.74) is 0.447. The first kappa shape index (κ1) is 13.9. The van der Waals surface area contributed by atoms with Crippen LogP contribution in [-0.4, -0.2) is 4.83 Å². The van der Waals surface area contributed by atoms with Gasteiger partial charge in [-0.05, 0) is 42.9 Å². The van der Waals surface area contributed by atoms with Crippen molar-refractivity contribution in [2.75, 3.05) is 0 Å². The Morgan fingerprint density at radius 2 is 1.78 bits per heavy atom. The van der Waals surface area contributed by atoms with Crippen molar-refractivity contribution in [3.05, 3.63) is 35.4 Å². The van der Waals surface area contributed by atoms with E-state index >= 15 is 0 Å². The van der Waals surface area contributed by atoms with Crippen LogP contribution in [0.15, 0.2) is 24.3 Å². The van der Waals surface area contributed by atoms with E-state index < -0.39 is 11.7 Å². The lowest BCUT2D eigenvalue weighted by Gasteiger charge is -2.25. The van der Waals surface area contributed by atoms with Gasteiger partial charge in [-0.25, -0.2) is 0 Å². The number of hydrogen-bond donors (Lipinski definition) is 0. The molecule has 1 fully saturated rings. The molecule has 0 aromatic heterocycles. The summed E-state index contributed by atoms with van der Waals surface area (Å²) in [5.74, 6) is 0.597. The molecular formula is C14H16BrF3. The van der Waals surface area contributed by atoms with Crippen LogP contribution in [0.1, 0.15) is 36.8 Å². The van der Waals surface area contributed by atoms with Crippen LogP contribution in [0, 0.1) is 5.92 Å². The molecule has 4 heteroatoms. The molecule has 1 aliphatic rings. The fourth-order valence-electron chi connectivity index (χ4n) is 2.57. The van der Waals surface area contributed by atoms with Crippen LogP contribution < -0.4 is 0 Å². The van der Waals surface area contributed by atoms with E-state index in [1.807, 2.05) is 0 Å². The SMILES string of the molecule is FC(F)(F)c1ccc(CC2CCCC(Br)C2)cc1. The first-order valence-electron chi connectivity index (χ1n) is 6.25. The minimum atomic E-state index is -4.23. The minimum Gasteiger partial charge on any atom is -0.166 e. The van der Waals surface area contributed by atoms with E-state index in [2.05, 4.69) is 15.9 Å². The molecule has 0 amide bonds. The first-order valence-corrected chi connectivity index (χ1v) is 7.17. The third kappa shape index (κ3) is 3.74. The van der Waals surface area contributed by atoms with Crippen molar-refractivity contribution in [2.24, 2.45) is 5.92 Å². The van der Waals surface area contributed by atoms with Crippen LogP contribution in [0.2, 0.25) is 0 Å². The lowest BCUT2D eigenvalue weighted by molar-refractivity contribution is -0.137. The zero-order chi connectivity index (χ0) is 13.2. The standard InChI is InChI=1S/C14H16BrF3/c15-13-3-1-2-11(9-13)8-10-4-6-12(7-5-10)14(16,17)18/h4-7,11,13H,1-3,8-9H2. The van der Waals surface area contributed by atoms with Gasteiger partial charge in [-0.2, -0.15) is 13.2 Å². The van der Waals surface area contributed by atoms with E-state index in [-0.39, 0.29) is 0 Å². The Bertz CT molecular complexity index is 383. The topological polar surface area (TPSA) is 0 Å². The summed E-state index contributed by atoms with van der Waals surface area (Å²) in [7, 11) is 0. The Balaban J connectivity index is 1.98. The fourth-order valence-corrected chi connectivity index (χ4v) is 3.43. The number of benzene rings is 1. The van der Waals surface area contributed by atoms with Gasteiger partial charge >= 0.3 is 6.18 Å². The number of rotatable bonds is 2. The summed E-state index contributed by atoms with van der Waals surface area (Å²) in [6, 6.07) is 5.59. The summed E-state index contributed by atoms with van der Waals surface area (Å²) < 4.78 is 37.3. The molecule has 2 atom stereocenters. The van der Waals surface area contributed by atoms with Crippen LogP contribution in [-0.2, 0) is 12.6 Å². The van der Waals surface area contributed by atoms with Crippen LogP contribution in [0.4, 0.5) is 13.2 Å². The average molecular weight is 321 g/mol. The molecule has 0 spiro atoms. The average Bonchev–Trinajstić information content (AvgIpc) is 2.28. The lowest BCUT2D eigenvalue weighted by Crippen LogP contribution is -2.17. The van der Waals surface area contributed by atoms with Crippen molar-refractivity contribution >= 4 is 15.9 Å². The maximum Gasteiger partial charge on any atom is 0.416 e. The van der Waals surface area contributed by atoms with Crippen molar-refractivity contribution in [1.29, 1.82) is 0 Å². The summed E-state index contributed by atoms with van der Waals surface area (Å²) in [6.07, 6.45) is 1.39. The van der Waals surface area contributed by atoms with E-state index in [1.54, 1.807) is 12.1 Å². The fraction of sp³-hybridized carbons (Fsp3) is 0.571. The first-order chi connectivity index (χ1) is 8.45. The molecule has 0 nitrogen and oxygen atoms in total. The van der Waals surface area contributed by atoms with Gasteiger partial charge in [0.05, 0.1) is 5.56 Å². The van der Waals surface area contributed by atoms with E-state index in [1.165, 1.54) is 31.4 Å². The van der Waals surface area contributed by atoms with Crippen LogP contribution in [0.5, 0.6) is 0 Å². The molecular weight excluding hydrogens is 305 g/mol. The maximum absolute atomic E-state index is 12.4. The number of hydrogen-bond acceptors (Lipinski definition) is 0. The van der Waals surface area contributed by atoms with Gasteiger partial charge in [0.2, 0.25) is 0 Å².